The Morgan fingerprint density at radius 3 is 2.81 bits per heavy atom. The van der Waals surface area contributed by atoms with Crippen LogP contribution in [0.15, 0.2) is 11.0 Å². The summed E-state index contributed by atoms with van der Waals surface area (Å²) in [6.45, 7) is 9.24. The van der Waals surface area contributed by atoms with Crippen molar-refractivity contribution < 1.29 is 0 Å². The lowest BCUT2D eigenvalue weighted by atomic mass is 9.73. The lowest BCUT2D eigenvalue weighted by molar-refractivity contribution is 0.217. The Kier molecular flexibility index (Phi) is 4.97. The maximum Gasteiger partial charge on any atom is 0.287 e. The molecule has 0 aliphatic heterocycles. The van der Waals surface area contributed by atoms with Crippen LogP contribution in [0.1, 0.15) is 53.4 Å². The molecule has 21 heavy (non-hydrogen) atoms. The van der Waals surface area contributed by atoms with Gasteiger partial charge in [-0.15, -0.1) is 0 Å². The Balaban J connectivity index is 2.21. The first kappa shape index (κ1) is 16.3. The van der Waals surface area contributed by atoms with Gasteiger partial charge in [-0.05, 0) is 24.2 Å². The number of nitrogens with one attached hydrogen (secondary N) is 1. The zero-order valence-corrected chi connectivity index (χ0v) is 14.2. The summed E-state index contributed by atoms with van der Waals surface area (Å²) in [5.41, 5.74) is 0.680. The molecule has 0 bridgehead atoms. The van der Waals surface area contributed by atoms with Gasteiger partial charge in [-0.1, -0.05) is 52.1 Å². The molecule has 0 spiro atoms. The molecule has 1 aliphatic carbocycles. The van der Waals surface area contributed by atoms with Gasteiger partial charge in [0.15, 0.2) is 0 Å². The number of anilines is 1. The van der Waals surface area contributed by atoms with Crippen molar-refractivity contribution in [1.82, 2.24) is 9.78 Å². The molecule has 1 aliphatic rings. The van der Waals surface area contributed by atoms with Crippen molar-refractivity contribution >= 4 is 17.3 Å². The third-order valence-corrected chi connectivity index (χ3v) is 4.73. The Labute approximate surface area is 131 Å². The lowest BCUT2D eigenvalue weighted by Gasteiger charge is -2.39. The van der Waals surface area contributed by atoms with Crippen LogP contribution in [0.3, 0.4) is 0 Å². The third kappa shape index (κ3) is 3.79. The summed E-state index contributed by atoms with van der Waals surface area (Å²) in [6, 6.07) is 0.339. The van der Waals surface area contributed by atoms with Gasteiger partial charge in [0.1, 0.15) is 5.02 Å². The Bertz CT molecular complexity index is 551. The summed E-state index contributed by atoms with van der Waals surface area (Å²) in [5, 5.41) is 7.96. The minimum absolute atomic E-state index is 0.205. The highest BCUT2D eigenvalue weighted by atomic mass is 35.5. The number of aromatic nitrogens is 2. The maximum atomic E-state index is 12.3. The summed E-state index contributed by atoms with van der Waals surface area (Å²) in [5.74, 6) is 0.363. The van der Waals surface area contributed by atoms with E-state index in [0.717, 1.165) is 6.42 Å². The van der Waals surface area contributed by atoms with Crippen molar-refractivity contribution in [3.63, 3.8) is 0 Å². The number of halogens is 1. The Morgan fingerprint density at radius 2 is 2.19 bits per heavy atom. The SMILES string of the molecule is CC(C)Cn1ncc(NC2CCCCC2(C)C)c(Cl)c1=O. The standard InChI is InChI=1S/C16H26ClN3O/c1-11(2)10-20-15(21)14(17)12(9-18-20)19-13-7-5-6-8-16(13,3)4/h9,11,13,19H,5-8,10H2,1-4H3. The first-order chi connectivity index (χ1) is 9.81. The highest BCUT2D eigenvalue weighted by molar-refractivity contribution is 6.32. The quantitative estimate of drug-likeness (QED) is 0.916. The molecule has 1 saturated carbocycles. The number of hydrogen-bond donors (Lipinski definition) is 1. The molecule has 1 heterocycles. The summed E-state index contributed by atoms with van der Waals surface area (Å²) in [7, 11) is 0. The predicted octanol–water partition coefficient (Wildman–Crippen LogP) is 3.93. The predicted molar refractivity (Wildman–Crippen MR) is 88.0 cm³/mol. The van der Waals surface area contributed by atoms with Crippen LogP contribution in [-0.2, 0) is 6.54 Å². The van der Waals surface area contributed by atoms with Crippen molar-refractivity contribution in [2.75, 3.05) is 5.32 Å². The fourth-order valence-corrected chi connectivity index (χ4v) is 3.19. The summed E-state index contributed by atoms with van der Waals surface area (Å²) >= 11 is 6.26. The average molecular weight is 312 g/mol. The molecular weight excluding hydrogens is 286 g/mol. The van der Waals surface area contributed by atoms with E-state index in [1.54, 1.807) is 6.20 Å². The molecule has 4 nitrogen and oxygen atoms in total. The van der Waals surface area contributed by atoms with Gasteiger partial charge in [0.05, 0.1) is 11.9 Å². The zero-order valence-electron chi connectivity index (χ0n) is 13.4. The van der Waals surface area contributed by atoms with E-state index in [9.17, 15) is 4.79 Å². The number of rotatable bonds is 4. The van der Waals surface area contributed by atoms with Crippen molar-refractivity contribution in [3.05, 3.63) is 21.6 Å². The van der Waals surface area contributed by atoms with Gasteiger partial charge in [0.2, 0.25) is 0 Å². The average Bonchev–Trinajstić information content (AvgIpc) is 2.40. The smallest absolute Gasteiger partial charge is 0.287 e. The van der Waals surface area contributed by atoms with Crippen LogP contribution in [0.5, 0.6) is 0 Å². The number of hydrogen-bond acceptors (Lipinski definition) is 3. The van der Waals surface area contributed by atoms with Crippen LogP contribution in [-0.4, -0.2) is 15.8 Å². The van der Waals surface area contributed by atoms with Crippen LogP contribution < -0.4 is 10.9 Å². The van der Waals surface area contributed by atoms with E-state index >= 15 is 0 Å². The van der Waals surface area contributed by atoms with Gasteiger partial charge >= 0.3 is 0 Å². The fourth-order valence-electron chi connectivity index (χ4n) is 2.99. The molecule has 1 N–H and O–H groups in total. The molecule has 118 valence electrons. The van der Waals surface area contributed by atoms with E-state index in [1.165, 1.54) is 23.9 Å². The van der Waals surface area contributed by atoms with Gasteiger partial charge in [-0.25, -0.2) is 4.68 Å². The third-order valence-electron chi connectivity index (χ3n) is 4.36. The molecule has 1 aromatic rings. The molecule has 1 unspecified atom stereocenters. The van der Waals surface area contributed by atoms with Gasteiger partial charge < -0.3 is 5.32 Å². The van der Waals surface area contributed by atoms with Crippen molar-refractivity contribution in [1.29, 1.82) is 0 Å². The molecule has 1 aromatic heterocycles. The zero-order chi connectivity index (χ0) is 15.6. The van der Waals surface area contributed by atoms with E-state index in [-0.39, 0.29) is 16.0 Å². The molecule has 0 amide bonds. The Hall–Kier alpha value is -1.03. The first-order valence-electron chi connectivity index (χ1n) is 7.83. The molecule has 0 radical (unpaired) electrons. The molecule has 0 aromatic carbocycles. The van der Waals surface area contributed by atoms with Crippen LogP contribution >= 0.6 is 11.6 Å². The summed E-state index contributed by atoms with van der Waals surface area (Å²) < 4.78 is 1.45. The van der Waals surface area contributed by atoms with Gasteiger partial charge in [-0.2, -0.15) is 5.10 Å². The largest absolute Gasteiger partial charge is 0.379 e. The first-order valence-corrected chi connectivity index (χ1v) is 8.21. The van der Waals surface area contributed by atoms with Crippen molar-refractivity contribution in [2.45, 2.75) is 66.0 Å². The van der Waals surface area contributed by atoms with E-state index in [1.807, 2.05) is 0 Å². The maximum absolute atomic E-state index is 12.3. The fraction of sp³-hybridized carbons (Fsp3) is 0.750. The van der Waals surface area contributed by atoms with E-state index < -0.39 is 0 Å². The monoisotopic (exact) mass is 311 g/mol. The summed E-state index contributed by atoms with van der Waals surface area (Å²) in [6.07, 6.45) is 6.49. The van der Waals surface area contributed by atoms with Crippen LogP contribution in [0.2, 0.25) is 5.02 Å². The molecule has 0 saturated heterocycles. The van der Waals surface area contributed by atoms with Gasteiger partial charge in [0, 0.05) is 12.6 Å². The number of nitrogens with zero attached hydrogens (tertiary/aromatic N) is 2. The van der Waals surface area contributed by atoms with E-state index in [0.29, 0.717) is 24.2 Å². The highest BCUT2D eigenvalue weighted by Crippen LogP contribution is 2.37. The lowest BCUT2D eigenvalue weighted by Crippen LogP contribution is -2.39. The minimum Gasteiger partial charge on any atom is -0.379 e. The van der Waals surface area contributed by atoms with E-state index in [2.05, 4.69) is 38.1 Å². The normalized spacial score (nSPS) is 21.5. The molecule has 2 rings (SSSR count). The van der Waals surface area contributed by atoms with Gasteiger partial charge in [-0.3, -0.25) is 4.79 Å². The molecular formula is C16H26ClN3O. The molecule has 1 fully saturated rings. The van der Waals surface area contributed by atoms with Crippen molar-refractivity contribution in [3.8, 4) is 0 Å². The highest BCUT2D eigenvalue weighted by Gasteiger charge is 2.32. The second-order valence-corrected chi connectivity index (χ2v) is 7.56. The van der Waals surface area contributed by atoms with Crippen molar-refractivity contribution in [2.24, 2.45) is 11.3 Å². The second kappa shape index (κ2) is 6.39. The van der Waals surface area contributed by atoms with Crippen LogP contribution in [0.4, 0.5) is 5.69 Å². The minimum atomic E-state index is -0.205. The molecule has 5 heteroatoms. The summed E-state index contributed by atoms with van der Waals surface area (Å²) in [4.78, 5) is 12.3. The van der Waals surface area contributed by atoms with E-state index in [4.69, 9.17) is 11.6 Å². The van der Waals surface area contributed by atoms with Gasteiger partial charge in [0.25, 0.3) is 5.56 Å². The topological polar surface area (TPSA) is 46.9 Å². The van der Waals surface area contributed by atoms with Crippen LogP contribution in [0, 0.1) is 11.3 Å². The molecule has 1 atom stereocenters. The van der Waals surface area contributed by atoms with Crippen LogP contribution in [0.25, 0.3) is 0 Å². The Morgan fingerprint density at radius 1 is 1.48 bits per heavy atom. The second-order valence-electron chi connectivity index (χ2n) is 7.18.